The molecule has 0 nitrogen and oxygen atoms in total. The molecule has 1 fully saturated rings. The van der Waals surface area contributed by atoms with Crippen LogP contribution < -0.4 is 0 Å². The summed E-state index contributed by atoms with van der Waals surface area (Å²) in [6.07, 6.45) is 9.98. The zero-order valence-electron chi connectivity index (χ0n) is 10.5. The summed E-state index contributed by atoms with van der Waals surface area (Å²) < 4.78 is 0. The van der Waals surface area contributed by atoms with Gasteiger partial charge in [-0.15, -0.1) is 0 Å². The van der Waals surface area contributed by atoms with E-state index >= 15 is 0 Å². The zero-order chi connectivity index (χ0) is 11.2. The van der Waals surface area contributed by atoms with Crippen molar-refractivity contribution in [3.05, 3.63) is 35.9 Å². The van der Waals surface area contributed by atoms with Crippen molar-refractivity contribution in [2.45, 2.75) is 57.8 Å². The van der Waals surface area contributed by atoms with Gasteiger partial charge in [-0.3, -0.25) is 0 Å². The highest BCUT2D eigenvalue weighted by Gasteiger charge is 2.23. The lowest BCUT2D eigenvalue weighted by molar-refractivity contribution is 0.293. The van der Waals surface area contributed by atoms with E-state index < -0.39 is 0 Å². The first kappa shape index (κ1) is 11.7. The maximum absolute atomic E-state index is 2.33. The molecule has 0 amide bonds. The maximum Gasteiger partial charge on any atom is -0.0134 e. The molecule has 1 aliphatic rings. The normalized spacial score (nSPS) is 19.6. The van der Waals surface area contributed by atoms with E-state index in [9.17, 15) is 0 Å². The van der Waals surface area contributed by atoms with Gasteiger partial charge in [0.25, 0.3) is 0 Å². The van der Waals surface area contributed by atoms with Crippen LogP contribution in [-0.2, 0) is 0 Å². The highest BCUT2D eigenvalue weighted by molar-refractivity contribution is 5.20. The standard InChI is InChI=1S/C16H24/c1-2-9-16(14-10-5-3-6-11-14)15-12-7-4-8-13-15/h3,5-6,10-11,15-16H,2,4,7-9,12-13H2,1H3. The minimum absolute atomic E-state index is 0.825. The Balaban J connectivity index is 2.09. The van der Waals surface area contributed by atoms with Crippen molar-refractivity contribution in [3.8, 4) is 0 Å². The quantitative estimate of drug-likeness (QED) is 0.653. The van der Waals surface area contributed by atoms with Crippen LogP contribution in [0.25, 0.3) is 0 Å². The van der Waals surface area contributed by atoms with Gasteiger partial charge in [0.2, 0.25) is 0 Å². The zero-order valence-corrected chi connectivity index (χ0v) is 10.5. The van der Waals surface area contributed by atoms with Crippen LogP contribution in [0.3, 0.4) is 0 Å². The number of hydrogen-bond acceptors (Lipinski definition) is 0. The molecule has 0 radical (unpaired) electrons. The fourth-order valence-corrected chi connectivity index (χ4v) is 3.22. The predicted molar refractivity (Wildman–Crippen MR) is 70.7 cm³/mol. The summed E-state index contributed by atoms with van der Waals surface area (Å²) in [6.45, 7) is 2.32. The minimum Gasteiger partial charge on any atom is -0.0654 e. The lowest BCUT2D eigenvalue weighted by Gasteiger charge is -2.30. The Hall–Kier alpha value is -0.780. The molecule has 0 spiro atoms. The summed E-state index contributed by atoms with van der Waals surface area (Å²) in [5.74, 6) is 1.78. The highest BCUT2D eigenvalue weighted by Crippen LogP contribution is 2.38. The molecular formula is C16H24. The second-order valence-electron chi connectivity index (χ2n) is 5.20. The van der Waals surface area contributed by atoms with E-state index in [-0.39, 0.29) is 0 Å². The van der Waals surface area contributed by atoms with Gasteiger partial charge >= 0.3 is 0 Å². The molecule has 0 N–H and O–H groups in total. The van der Waals surface area contributed by atoms with E-state index in [1.165, 1.54) is 44.9 Å². The van der Waals surface area contributed by atoms with Crippen molar-refractivity contribution >= 4 is 0 Å². The van der Waals surface area contributed by atoms with Gasteiger partial charge in [-0.05, 0) is 36.7 Å². The molecule has 88 valence electrons. The summed E-state index contributed by atoms with van der Waals surface area (Å²) in [4.78, 5) is 0. The molecule has 16 heavy (non-hydrogen) atoms. The average molecular weight is 216 g/mol. The number of hydrogen-bond donors (Lipinski definition) is 0. The molecule has 0 bridgehead atoms. The molecule has 0 aliphatic heterocycles. The van der Waals surface area contributed by atoms with Gasteiger partial charge in [0.15, 0.2) is 0 Å². The van der Waals surface area contributed by atoms with Crippen LogP contribution in [0.4, 0.5) is 0 Å². The third-order valence-corrected chi connectivity index (χ3v) is 4.05. The van der Waals surface area contributed by atoms with Crippen molar-refractivity contribution in [1.82, 2.24) is 0 Å². The van der Waals surface area contributed by atoms with Gasteiger partial charge in [-0.1, -0.05) is 62.9 Å². The monoisotopic (exact) mass is 216 g/mol. The van der Waals surface area contributed by atoms with E-state index in [1.807, 2.05) is 0 Å². The third-order valence-electron chi connectivity index (χ3n) is 4.05. The maximum atomic E-state index is 2.33. The van der Waals surface area contributed by atoms with Crippen LogP contribution in [0.15, 0.2) is 30.3 Å². The molecule has 0 heteroatoms. The van der Waals surface area contributed by atoms with Crippen molar-refractivity contribution in [3.63, 3.8) is 0 Å². The fraction of sp³-hybridized carbons (Fsp3) is 0.625. The van der Waals surface area contributed by atoms with E-state index in [1.54, 1.807) is 5.56 Å². The van der Waals surface area contributed by atoms with Crippen LogP contribution in [0.2, 0.25) is 0 Å². The summed E-state index contributed by atoms with van der Waals surface area (Å²) in [5, 5.41) is 0. The first-order valence-electron chi connectivity index (χ1n) is 6.96. The van der Waals surface area contributed by atoms with Gasteiger partial charge in [0.05, 0.1) is 0 Å². The molecule has 1 aromatic carbocycles. The van der Waals surface area contributed by atoms with Crippen LogP contribution in [0.1, 0.15) is 63.4 Å². The SMILES string of the molecule is CCCC(c1ccccc1)C1CCCCC1. The fourth-order valence-electron chi connectivity index (χ4n) is 3.22. The second-order valence-corrected chi connectivity index (χ2v) is 5.20. The predicted octanol–water partition coefficient (Wildman–Crippen LogP) is 5.15. The van der Waals surface area contributed by atoms with Crippen LogP contribution in [0.5, 0.6) is 0 Å². The molecule has 1 saturated carbocycles. The largest absolute Gasteiger partial charge is 0.0654 e. The van der Waals surface area contributed by atoms with Crippen LogP contribution in [0, 0.1) is 5.92 Å². The lowest BCUT2D eigenvalue weighted by Crippen LogP contribution is -2.16. The van der Waals surface area contributed by atoms with Crippen molar-refractivity contribution in [1.29, 1.82) is 0 Å². The summed E-state index contributed by atoms with van der Waals surface area (Å²) >= 11 is 0. The number of rotatable bonds is 4. The average Bonchev–Trinajstić information content (AvgIpc) is 2.38. The summed E-state index contributed by atoms with van der Waals surface area (Å²) in [6, 6.07) is 11.2. The lowest BCUT2D eigenvalue weighted by atomic mass is 9.75. The number of benzene rings is 1. The Morgan fingerprint density at radius 3 is 2.38 bits per heavy atom. The Bertz CT molecular complexity index is 282. The van der Waals surface area contributed by atoms with Gasteiger partial charge < -0.3 is 0 Å². The van der Waals surface area contributed by atoms with Crippen molar-refractivity contribution in [2.75, 3.05) is 0 Å². The third kappa shape index (κ3) is 2.87. The Morgan fingerprint density at radius 1 is 1.06 bits per heavy atom. The van der Waals surface area contributed by atoms with Gasteiger partial charge in [-0.2, -0.15) is 0 Å². The molecule has 0 aromatic heterocycles. The molecule has 2 rings (SSSR count). The Kier molecular flexibility index (Phi) is 4.44. The van der Waals surface area contributed by atoms with E-state index in [0.29, 0.717) is 0 Å². The Labute approximate surface area is 100 Å². The smallest absolute Gasteiger partial charge is 0.0134 e. The van der Waals surface area contributed by atoms with Crippen molar-refractivity contribution < 1.29 is 0 Å². The molecule has 1 atom stereocenters. The molecule has 0 heterocycles. The molecule has 0 saturated heterocycles. The van der Waals surface area contributed by atoms with E-state index in [4.69, 9.17) is 0 Å². The first-order chi connectivity index (χ1) is 7.92. The Morgan fingerprint density at radius 2 is 1.75 bits per heavy atom. The van der Waals surface area contributed by atoms with Gasteiger partial charge in [-0.25, -0.2) is 0 Å². The van der Waals surface area contributed by atoms with E-state index in [0.717, 1.165) is 11.8 Å². The summed E-state index contributed by atoms with van der Waals surface area (Å²) in [5.41, 5.74) is 1.58. The second kappa shape index (κ2) is 6.08. The molecular weight excluding hydrogens is 192 g/mol. The van der Waals surface area contributed by atoms with Crippen LogP contribution in [-0.4, -0.2) is 0 Å². The van der Waals surface area contributed by atoms with E-state index in [2.05, 4.69) is 37.3 Å². The van der Waals surface area contributed by atoms with Gasteiger partial charge in [0.1, 0.15) is 0 Å². The van der Waals surface area contributed by atoms with Crippen LogP contribution >= 0.6 is 0 Å². The van der Waals surface area contributed by atoms with Crippen molar-refractivity contribution in [2.24, 2.45) is 5.92 Å². The summed E-state index contributed by atoms with van der Waals surface area (Å²) in [7, 11) is 0. The highest BCUT2D eigenvalue weighted by atomic mass is 14.3. The molecule has 1 aromatic rings. The topological polar surface area (TPSA) is 0 Å². The molecule has 1 unspecified atom stereocenters. The first-order valence-corrected chi connectivity index (χ1v) is 6.96. The molecule has 1 aliphatic carbocycles. The van der Waals surface area contributed by atoms with Gasteiger partial charge in [0, 0.05) is 0 Å². The minimum atomic E-state index is 0.825.